The van der Waals surface area contributed by atoms with Crippen molar-refractivity contribution >= 4 is 0 Å². The first-order chi connectivity index (χ1) is 9.34. The van der Waals surface area contributed by atoms with Crippen LogP contribution in [0.4, 0.5) is 0 Å². The maximum Gasteiger partial charge on any atom is 0.0991 e. The molecule has 19 heavy (non-hydrogen) atoms. The van der Waals surface area contributed by atoms with E-state index in [1.807, 2.05) is 17.1 Å². The number of imidazole rings is 1. The quantitative estimate of drug-likeness (QED) is 0.916. The molecular weight excluding hydrogens is 234 g/mol. The second-order valence-corrected chi connectivity index (χ2v) is 5.56. The van der Waals surface area contributed by atoms with E-state index in [2.05, 4.69) is 29.2 Å². The predicted octanol–water partition coefficient (Wildman–Crippen LogP) is 3.03. The highest BCUT2D eigenvalue weighted by Crippen LogP contribution is 2.38. The highest BCUT2D eigenvalue weighted by molar-refractivity contribution is 5.38. The molecule has 1 fully saturated rings. The maximum absolute atomic E-state index is 6.09. The Hall–Kier alpha value is -1.61. The minimum Gasteiger partial charge on any atom is -0.330 e. The van der Waals surface area contributed by atoms with Crippen LogP contribution in [-0.2, 0) is 5.41 Å². The van der Waals surface area contributed by atoms with Crippen LogP contribution in [0, 0.1) is 0 Å². The molecule has 100 valence electrons. The average Bonchev–Trinajstić information content (AvgIpc) is 3.02. The molecule has 0 unspecified atom stereocenters. The van der Waals surface area contributed by atoms with Crippen molar-refractivity contribution in [3.63, 3.8) is 0 Å². The number of aromatic nitrogens is 2. The number of nitrogens with zero attached hydrogens (tertiary/aromatic N) is 2. The third-order valence-electron chi connectivity index (χ3n) is 4.48. The third kappa shape index (κ3) is 2.30. The van der Waals surface area contributed by atoms with Crippen LogP contribution in [-0.4, -0.2) is 16.1 Å². The molecule has 2 N–H and O–H groups in total. The maximum atomic E-state index is 6.09. The Balaban J connectivity index is 1.89. The average molecular weight is 255 g/mol. The van der Waals surface area contributed by atoms with Crippen molar-refractivity contribution in [2.75, 3.05) is 6.54 Å². The molecule has 3 nitrogen and oxygen atoms in total. The van der Waals surface area contributed by atoms with Crippen molar-refractivity contribution in [1.82, 2.24) is 9.55 Å². The molecule has 3 rings (SSSR count). The van der Waals surface area contributed by atoms with Crippen LogP contribution in [0.2, 0.25) is 0 Å². The molecule has 0 bridgehead atoms. The lowest BCUT2D eigenvalue weighted by atomic mass is 9.69. The van der Waals surface area contributed by atoms with Crippen molar-refractivity contribution in [3.05, 3.63) is 48.5 Å². The van der Waals surface area contributed by atoms with Crippen molar-refractivity contribution in [3.8, 4) is 5.69 Å². The lowest BCUT2D eigenvalue weighted by Crippen LogP contribution is -2.37. The monoisotopic (exact) mass is 255 g/mol. The summed E-state index contributed by atoms with van der Waals surface area (Å²) in [6.07, 6.45) is 12.0. The zero-order valence-corrected chi connectivity index (χ0v) is 11.3. The number of hydrogen-bond acceptors (Lipinski definition) is 2. The summed E-state index contributed by atoms with van der Waals surface area (Å²) in [5.41, 5.74) is 8.86. The standard InChI is InChI=1S/C16H21N3/c17-12-16(8-2-1-3-9-16)14-4-6-15(7-5-14)19-11-10-18-13-19/h4-7,10-11,13H,1-3,8-9,12,17H2. The summed E-state index contributed by atoms with van der Waals surface area (Å²) in [5, 5.41) is 0. The smallest absolute Gasteiger partial charge is 0.0991 e. The van der Waals surface area contributed by atoms with Crippen LogP contribution in [0.25, 0.3) is 5.69 Å². The van der Waals surface area contributed by atoms with Gasteiger partial charge in [0.05, 0.1) is 6.33 Å². The molecule has 1 heterocycles. The zero-order valence-electron chi connectivity index (χ0n) is 11.3. The van der Waals surface area contributed by atoms with E-state index in [9.17, 15) is 0 Å². The van der Waals surface area contributed by atoms with Crippen LogP contribution in [0.5, 0.6) is 0 Å². The molecule has 1 saturated carbocycles. The first kappa shape index (κ1) is 12.4. The van der Waals surface area contributed by atoms with Gasteiger partial charge in [0, 0.05) is 30.0 Å². The third-order valence-corrected chi connectivity index (χ3v) is 4.48. The summed E-state index contributed by atoms with van der Waals surface area (Å²) in [6.45, 7) is 0.761. The van der Waals surface area contributed by atoms with Gasteiger partial charge < -0.3 is 10.3 Å². The molecule has 1 aromatic heterocycles. The summed E-state index contributed by atoms with van der Waals surface area (Å²) < 4.78 is 2.03. The molecule has 1 aromatic carbocycles. The van der Waals surface area contributed by atoms with Gasteiger partial charge in [-0.25, -0.2) is 4.98 Å². The highest BCUT2D eigenvalue weighted by atomic mass is 15.0. The van der Waals surface area contributed by atoms with Crippen LogP contribution in [0.15, 0.2) is 43.0 Å². The van der Waals surface area contributed by atoms with Gasteiger partial charge >= 0.3 is 0 Å². The van der Waals surface area contributed by atoms with E-state index in [0.717, 1.165) is 12.2 Å². The summed E-state index contributed by atoms with van der Waals surface area (Å²) >= 11 is 0. The van der Waals surface area contributed by atoms with Gasteiger partial charge in [0.15, 0.2) is 0 Å². The molecule has 0 spiro atoms. The van der Waals surface area contributed by atoms with Crippen molar-refractivity contribution in [2.45, 2.75) is 37.5 Å². The van der Waals surface area contributed by atoms with E-state index in [1.54, 1.807) is 6.20 Å². The number of rotatable bonds is 3. The van der Waals surface area contributed by atoms with E-state index in [1.165, 1.54) is 37.7 Å². The number of nitrogens with two attached hydrogens (primary N) is 1. The van der Waals surface area contributed by atoms with Crippen molar-refractivity contribution in [2.24, 2.45) is 5.73 Å². The number of hydrogen-bond donors (Lipinski definition) is 1. The molecule has 0 atom stereocenters. The predicted molar refractivity (Wildman–Crippen MR) is 77.4 cm³/mol. The Morgan fingerprint density at radius 1 is 1.11 bits per heavy atom. The SMILES string of the molecule is NCC1(c2ccc(-n3ccnc3)cc2)CCCCC1. The Morgan fingerprint density at radius 2 is 1.84 bits per heavy atom. The number of benzene rings is 1. The second-order valence-electron chi connectivity index (χ2n) is 5.56. The van der Waals surface area contributed by atoms with Gasteiger partial charge in [0.25, 0.3) is 0 Å². The molecule has 3 heteroatoms. The molecule has 1 aliphatic rings. The minimum atomic E-state index is 0.214. The van der Waals surface area contributed by atoms with Gasteiger partial charge in [0.1, 0.15) is 0 Å². The van der Waals surface area contributed by atoms with E-state index in [4.69, 9.17) is 5.73 Å². The first-order valence-corrected chi connectivity index (χ1v) is 7.13. The molecule has 0 saturated heterocycles. The summed E-state index contributed by atoms with van der Waals surface area (Å²) in [7, 11) is 0. The lowest BCUT2D eigenvalue weighted by molar-refractivity contribution is 0.301. The van der Waals surface area contributed by atoms with Gasteiger partial charge in [0.2, 0.25) is 0 Å². The molecule has 1 aliphatic carbocycles. The van der Waals surface area contributed by atoms with Gasteiger partial charge in [-0.2, -0.15) is 0 Å². The zero-order chi connectivity index (χ0) is 13.1. The fourth-order valence-electron chi connectivity index (χ4n) is 3.24. The Labute approximate surface area is 114 Å². The van der Waals surface area contributed by atoms with E-state index in [0.29, 0.717) is 0 Å². The van der Waals surface area contributed by atoms with E-state index in [-0.39, 0.29) is 5.41 Å². The first-order valence-electron chi connectivity index (χ1n) is 7.13. The lowest BCUT2D eigenvalue weighted by Gasteiger charge is -2.37. The summed E-state index contributed by atoms with van der Waals surface area (Å²) in [4.78, 5) is 4.08. The molecular formula is C16H21N3. The summed E-state index contributed by atoms with van der Waals surface area (Å²) in [5.74, 6) is 0. The molecule has 0 radical (unpaired) electrons. The van der Waals surface area contributed by atoms with Gasteiger partial charge in [-0.3, -0.25) is 0 Å². The topological polar surface area (TPSA) is 43.8 Å². The van der Waals surface area contributed by atoms with Crippen LogP contribution in [0.3, 0.4) is 0 Å². The van der Waals surface area contributed by atoms with Gasteiger partial charge in [-0.15, -0.1) is 0 Å². The second kappa shape index (κ2) is 5.17. The highest BCUT2D eigenvalue weighted by Gasteiger charge is 2.32. The Morgan fingerprint density at radius 3 is 2.42 bits per heavy atom. The fraction of sp³-hybridized carbons (Fsp3) is 0.438. The fourth-order valence-corrected chi connectivity index (χ4v) is 3.24. The van der Waals surface area contributed by atoms with E-state index < -0.39 is 0 Å². The van der Waals surface area contributed by atoms with Crippen LogP contribution in [0.1, 0.15) is 37.7 Å². The van der Waals surface area contributed by atoms with Gasteiger partial charge in [-0.05, 0) is 30.5 Å². The summed E-state index contributed by atoms with van der Waals surface area (Å²) in [6, 6.07) is 8.83. The van der Waals surface area contributed by atoms with Crippen molar-refractivity contribution in [1.29, 1.82) is 0 Å². The minimum absolute atomic E-state index is 0.214. The Bertz CT molecular complexity index is 507. The van der Waals surface area contributed by atoms with Crippen LogP contribution < -0.4 is 5.73 Å². The largest absolute Gasteiger partial charge is 0.330 e. The van der Waals surface area contributed by atoms with E-state index >= 15 is 0 Å². The van der Waals surface area contributed by atoms with Crippen molar-refractivity contribution < 1.29 is 0 Å². The van der Waals surface area contributed by atoms with Crippen LogP contribution >= 0.6 is 0 Å². The van der Waals surface area contributed by atoms with Gasteiger partial charge in [-0.1, -0.05) is 31.4 Å². The molecule has 0 aliphatic heterocycles. The molecule has 2 aromatic rings. The molecule has 0 amide bonds. The normalized spacial score (nSPS) is 18.4. The Kier molecular flexibility index (Phi) is 3.38.